The van der Waals surface area contributed by atoms with Gasteiger partial charge in [0.25, 0.3) is 0 Å². The van der Waals surface area contributed by atoms with Crippen LogP contribution in [-0.4, -0.2) is 18.0 Å². The van der Waals surface area contributed by atoms with E-state index in [4.69, 9.17) is 9.72 Å². The van der Waals surface area contributed by atoms with Gasteiger partial charge in [-0.2, -0.15) is 0 Å². The number of aromatic nitrogens is 1. The van der Waals surface area contributed by atoms with E-state index in [9.17, 15) is 4.79 Å². The number of hydrogen-bond donors (Lipinski definition) is 0. The molecule has 0 spiro atoms. The van der Waals surface area contributed by atoms with Gasteiger partial charge in [-0.1, -0.05) is 61.6 Å². The summed E-state index contributed by atoms with van der Waals surface area (Å²) in [6, 6.07) is 23.8. The molecule has 152 valence electrons. The molecule has 4 rings (SSSR count). The van der Waals surface area contributed by atoms with Gasteiger partial charge in [-0.25, -0.2) is 4.98 Å². The number of thiazole rings is 1. The van der Waals surface area contributed by atoms with Crippen molar-refractivity contribution in [3.63, 3.8) is 0 Å². The van der Waals surface area contributed by atoms with Gasteiger partial charge >= 0.3 is 0 Å². The second kappa shape index (κ2) is 8.67. The Labute approximate surface area is 180 Å². The molecule has 0 aliphatic carbocycles. The third kappa shape index (κ3) is 4.21. The highest BCUT2D eigenvalue weighted by Crippen LogP contribution is 2.34. The average Bonchev–Trinajstić information content (AvgIpc) is 3.18. The fraction of sp³-hybridized carbons (Fsp3) is 0.200. The van der Waals surface area contributed by atoms with Crippen molar-refractivity contribution in [3.05, 3.63) is 83.9 Å². The zero-order chi connectivity index (χ0) is 21.1. The van der Waals surface area contributed by atoms with Crippen molar-refractivity contribution in [2.45, 2.75) is 26.2 Å². The Bertz CT molecular complexity index is 1110. The minimum Gasteiger partial charge on any atom is -0.497 e. The summed E-state index contributed by atoms with van der Waals surface area (Å²) in [5.41, 5.74) is 3.91. The van der Waals surface area contributed by atoms with Crippen LogP contribution in [0.15, 0.2) is 72.8 Å². The zero-order valence-electron chi connectivity index (χ0n) is 17.3. The van der Waals surface area contributed by atoms with Crippen molar-refractivity contribution in [1.82, 2.24) is 4.98 Å². The van der Waals surface area contributed by atoms with Gasteiger partial charge in [0.1, 0.15) is 5.75 Å². The minimum absolute atomic E-state index is 0.0171. The number of hydrogen-bond acceptors (Lipinski definition) is 4. The summed E-state index contributed by atoms with van der Waals surface area (Å²) in [5, 5.41) is 0.687. The smallest absolute Gasteiger partial charge is 0.237 e. The molecule has 1 aromatic heterocycles. The van der Waals surface area contributed by atoms with E-state index in [2.05, 4.69) is 26.0 Å². The highest BCUT2D eigenvalue weighted by Gasteiger charge is 2.22. The molecule has 0 saturated carbocycles. The van der Waals surface area contributed by atoms with Gasteiger partial charge in [0.05, 0.1) is 29.4 Å². The predicted octanol–water partition coefficient (Wildman–Crippen LogP) is 6.34. The van der Waals surface area contributed by atoms with Crippen LogP contribution in [0.5, 0.6) is 5.75 Å². The fourth-order valence-corrected chi connectivity index (χ4v) is 4.33. The van der Waals surface area contributed by atoms with Crippen LogP contribution in [-0.2, 0) is 11.2 Å². The van der Waals surface area contributed by atoms with Crippen LogP contribution in [0.2, 0.25) is 0 Å². The summed E-state index contributed by atoms with van der Waals surface area (Å²) in [7, 11) is 1.63. The second-order valence-corrected chi connectivity index (χ2v) is 8.47. The Hall–Kier alpha value is -3.18. The van der Waals surface area contributed by atoms with E-state index in [0.717, 1.165) is 27.2 Å². The molecule has 0 atom stereocenters. The summed E-state index contributed by atoms with van der Waals surface area (Å²) in [4.78, 5) is 19.9. The van der Waals surface area contributed by atoms with Crippen LogP contribution < -0.4 is 9.64 Å². The van der Waals surface area contributed by atoms with E-state index in [1.165, 1.54) is 16.9 Å². The number of carbonyl (C=O) groups is 1. The highest BCUT2D eigenvalue weighted by molar-refractivity contribution is 7.22. The van der Waals surface area contributed by atoms with Crippen LogP contribution in [0, 0.1) is 0 Å². The zero-order valence-corrected chi connectivity index (χ0v) is 18.1. The first-order valence-corrected chi connectivity index (χ1v) is 10.8. The van der Waals surface area contributed by atoms with Crippen molar-refractivity contribution in [3.8, 4) is 5.75 Å². The van der Waals surface area contributed by atoms with Gasteiger partial charge in [0.2, 0.25) is 5.91 Å². The minimum atomic E-state index is -0.0171. The van der Waals surface area contributed by atoms with Crippen LogP contribution in [0.4, 0.5) is 10.8 Å². The van der Waals surface area contributed by atoms with E-state index in [-0.39, 0.29) is 12.3 Å². The number of methoxy groups -OCH3 is 1. The lowest BCUT2D eigenvalue weighted by molar-refractivity contribution is -0.117. The number of amides is 1. The summed E-state index contributed by atoms with van der Waals surface area (Å²) < 4.78 is 6.28. The first kappa shape index (κ1) is 20.1. The average molecular weight is 417 g/mol. The molecule has 0 bridgehead atoms. The van der Waals surface area contributed by atoms with E-state index >= 15 is 0 Å². The molecule has 4 aromatic rings. The number of para-hydroxylation sites is 1. The van der Waals surface area contributed by atoms with Gasteiger partial charge in [0, 0.05) is 0 Å². The third-order valence-electron chi connectivity index (χ3n) is 5.06. The van der Waals surface area contributed by atoms with Crippen LogP contribution in [0.25, 0.3) is 10.2 Å². The Morgan fingerprint density at radius 1 is 1.00 bits per heavy atom. The van der Waals surface area contributed by atoms with Gasteiger partial charge < -0.3 is 4.74 Å². The van der Waals surface area contributed by atoms with Crippen molar-refractivity contribution in [2.24, 2.45) is 0 Å². The summed E-state index contributed by atoms with van der Waals surface area (Å²) in [6.07, 6.45) is 0.284. The summed E-state index contributed by atoms with van der Waals surface area (Å²) >= 11 is 1.53. The third-order valence-corrected chi connectivity index (χ3v) is 6.08. The number of benzene rings is 3. The normalized spacial score (nSPS) is 11.1. The molecule has 3 aromatic carbocycles. The largest absolute Gasteiger partial charge is 0.497 e. The maximum atomic E-state index is 13.4. The van der Waals surface area contributed by atoms with E-state index < -0.39 is 0 Å². The molecule has 1 amide bonds. The maximum absolute atomic E-state index is 13.4. The molecule has 5 heteroatoms. The first-order chi connectivity index (χ1) is 14.5. The summed E-state index contributed by atoms with van der Waals surface area (Å²) in [6.45, 7) is 4.32. The monoisotopic (exact) mass is 416 g/mol. The van der Waals surface area contributed by atoms with Crippen LogP contribution in [0.3, 0.4) is 0 Å². The predicted molar refractivity (Wildman–Crippen MR) is 124 cm³/mol. The van der Waals surface area contributed by atoms with Crippen molar-refractivity contribution in [1.29, 1.82) is 0 Å². The van der Waals surface area contributed by atoms with Crippen LogP contribution >= 0.6 is 11.3 Å². The van der Waals surface area contributed by atoms with Crippen molar-refractivity contribution < 1.29 is 9.53 Å². The lowest BCUT2D eigenvalue weighted by atomic mass is 10.0. The summed E-state index contributed by atoms with van der Waals surface area (Å²) in [5.74, 6) is 1.19. The number of nitrogens with zero attached hydrogens (tertiary/aromatic N) is 2. The lowest BCUT2D eigenvalue weighted by Crippen LogP contribution is -2.27. The second-order valence-electron chi connectivity index (χ2n) is 7.46. The standard InChI is InChI=1S/C25H24N2O2S/c1-17(2)19-10-12-20(13-11-19)27(25-26-22-6-4-5-7-23(22)30-25)24(28)16-18-8-14-21(29-3)15-9-18/h4-15,17H,16H2,1-3H3. The number of anilines is 2. The van der Waals surface area contributed by atoms with E-state index in [0.29, 0.717) is 11.0 Å². The molecule has 30 heavy (non-hydrogen) atoms. The van der Waals surface area contributed by atoms with E-state index in [1.54, 1.807) is 12.0 Å². The first-order valence-electron chi connectivity index (χ1n) is 9.96. The SMILES string of the molecule is COc1ccc(CC(=O)N(c2ccc(C(C)C)cc2)c2nc3ccccc3s2)cc1. The number of ether oxygens (including phenoxy) is 1. The van der Waals surface area contributed by atoms with Crippen LogP contribution in [0.1, 0.15) is 30.9 Å². The van der Waals surface area contributed by atoms with Crippen molar-refractivity contribution >= 4 is 38.3 Å². The fourth-order valence-electron chi connectivity index (χ4n) is 3.32. The maximum Gasteiger partial charge on any atom is 0.237 e. The van der Waals surface area contributed by atoms with Gasteiger partial charge in [-0.05, 0) is 53.4 Å². The molecule has 0 aliphatic heterocycles. The molecule has 0 unspecified atom stereocenters. The van der Waals surface area contributed by atoms with E-state index in [1.807, 2.05) is 60.7 Å². The highest BCUT2D eigenvalue weighted by atomic mass is 32.1. The quantitative estimate of drug-likeness (QED) is 0.368. The molecule has 0 radical (unpaired) electrons. The molecule has 0 saturated heterocycles. The number of rotatable bonds is 6. The lowest BCUT2D eigenvalue weighted by Gasteiger charge is -2.21. The molecular weight excluding hydrogens is 392 g/mol. The number of fused-ring (bicyclic) bond motifs is 1. The molecule has 4 nitrogen and oxygen atoms in total. The van der Waals surface area contributed by atoms with Gasteiger partial charge in [-0.15, -0.1) is 0 Å². The molecular formula is C25H24N2O2S. The number of carbonyl (C=O) groups excluding carboxylic acids is 1. The Balaban J connectivity index is 1.71. The topological polar surface area (TPSA) is 42.4 Å². The van der Waals surface area contributed by atoms with Crippen molar-refractivity contribution in [2.75, 3.05) is 12.0 Å². The van der Waals surface area contributed by atoms with Gasteiger partial charge in [0.15, 0.2) is 5.13 Å². The Kier molecular flexibility index (Phi) is 5.81. The Morgan fingerprint density at radius 3 is 2.33 bits per heavy atom. The Morgan fingerprint density at radius 2 is 1.70 bits per heavy atom. The molecule has 0 fully saturated rings. The van der Waals surface area contributed by atoms with Gasteiger partial charge in [-0.3, -0.25) is 9.69 Å². The molecule has 0 N–H and O–H groups in total. The molecule has 0 aliphatic rings. The molecule has 1 heterocycles.